The van der Waals surface area contributed by atoms with Gasteiger partial charge < -0.3 is 10.5 Å². The van der Waals surface area contributed by atoms with Crippen molar-refractivity contribution in [3.63, 3.8) is 0 Å². The van der Waals surface area contributed by atoms with Crippen LogP contribution in [0.3, 0.4) is 0 Å². The molecule has 3 nitrogen and oxygen atoms in total. The standard InChI is InChI=1S/C17H20N2O/c1-12-9-13(11-18)10-17(19-12)20-16-8-4-6-14-5-2-3-7-15(14)16/h2-3,5,7,9-10,16H,4,6,8,11,18H2,1H3. The van der Waals surface area contributed by atoms with Crippen molar-refractivity contribution in [2.45, 2.75) is 38.8 Å². The van der Waals surface area contributed by atoms with Crippen LogP contribution in [0, 0.1) is 6.92 Å². The lowest BCUT2D eigenvalue weighted by atomic mass is 9.89. The zero-order chi connectivity index (χ0) is 13.9. The summed E-state index contributed by atoms with van der Waals surface area (Å²) in [6.45, 7) is 2.49. The number of ether oxygens (including phenoxy) is 1. The van der Waals surface area contributed by atoms with Crippen LogP contribution in [-0.4, -0.2) is 4.98 Å². The van der Waals surface area contributed by atoms with E-state index in [4.69, 9.17) is 10.5 Å². The second-order valence-corrected chi connectivity index (χ2v) is 5.36. The minimum absolute atomic E-state index is 0.111. The largest absolute Gasteiger partial charge is 0.469 e. The van der Waals surface area contributed by atoms with Gasteiger partial charge in [-0.1, -0.05) is 24.3 Å². The first-order chi connectivity index (χ1) is 9.76. The average Bonchev–Trinajstić information content (AvgIpc) is 2.47. The number of hydrogen-bond acceptors (Lipinski definition) is 3. The minimum atomic E-state index is 0.111. The van der Waals surface area contributed by atoms with Gasteiger partial charge in [-0.25, -0.2) is 4.98 Å². The number of fused-ring (bicyclic) bond motifs is 1. The number of aromatic nitrogens is 1. The van der Waals surface area contributed by atoms with Crippen LogP contribution >= 0.6 is 0 Å². The van der Waals surface area contributed by atoms with Crippen molar-refractivity contribution in [2.75, 3.05) is 0 Å². The van der Waals surface area contributed by atoms with Gasteiger partial charge in [0.25, 0.3) is 0 Å². The number of benzene rings is 1. The van der Waals surface area contributed by atoms with Crippen molar-refractivity contribution < 1.29 is 4.74 Å². The van der Waals surface area contributed by atoms with Crippen LogP contribution in [-0.2, 0) is 13.0 Å². The van der Waals surface area contributed by atoms with Crippen molar-refractivity contribution in [1.82, 2.24) is 4.98 Å². The molecule has 1 aliphatic carbocycles. The average molecular weight is 268 g/mol. The fourth-order valence-electron chi connectivity index (χ4n) is 2.86. The Hall–Kier alpha value is -1.87. The van der Waals surface area contributed by atoms with Gasteiger partial charge >= 0.3 is 0 Å². The highest BCUT2D eigenvalue weighted by atomic mass is 16.5. The van der Waals surface area contributed by atoms with Gasteiger partial charge in [-0.15, -0.1) is 0 Å². The first kappa shape index (κ1) is 13.1. The maximum Gasteiger partial charge on any atom is 0.214 e. The summed E-state index contributed by atoms with van der Waals surface area (Å²) in [5, 5.41) is 0. The second-order valence-electron chi connectivity index (χ2n) is 5.36. The lowest BCUT2D eigenvalue weighted by Gasteiger charge is -2.26. The van der Waals surface area contributed by atoms with Crippen molar-refractivity contribution in [1.29, 1.82) is 0 Å². The molecule has 1 heterocycles. The normalized spacial score (nSPS) is 17.6. The van der Waals surface area contributed by atoms with E-state index in [1.807, 2.05) is 19.1 Å². The van der Waals surface area contributed by atoms with Gasteiger partial charge in [0.2, 0.25) is 5.88 Å². The third kappa shape index (κ3) is 2.68. The van der Waals surface area contributed by atoms with E-state index in [-0.39, 0.29) is 6.10 Å². The number of hydrogen-bond donors (Lipinski definition) is 1. The Morgan fingerprint density at radius 3 is 3.00 bits per heavy atom. The molecule has 1 atom stereocenters. The molecule has 1 aromatic carbocycles. The maximum absolute atomic E-state index is 6.14. The number of nitrogens with zero attached hydrogens (tertiary/aromatic N) is 1. The molecule has 2 aromatic rings. The lowest BCUT2D eigenvalue weighted by Crippen LogP contribution is -2.16. The molecule has 0 fully saturated rings. The van der Waals surface area contributed by atoms with Crippen LogP contribution in [0.4, 0.5) is 0 Å². The zero-order valence-corrected chi connectivity index (χ0v) is 11.8. The molecular weight excluding hydrogens is 248 g/mol. The van der Waals surface area contributed by atoms with Crippen LogP contribution in [0.1, 0.15) is 41.3 Å². The Labute approximate surface area is 119 Å². The first-order valence-corrected chi connectivity index (χ1v) is 7.18. The van der Waals surface area contributed by atoms with Gasteiger partial charge in [-0.05, 0) is 48.9 Å². The summed E-state index contributed by atoms with van der Waals surface area (Å²) in [7, 11) is 0. The number of rotatable bonds is 3. The highest BCUT2D eigenvalue weighted by Crippen LogP contribution is 2.33. The summed E-state index contributed by atoms with van der Waals surface area (Å²) in [4.78, 5) is 4.47. The smallest absolute Gasteiger partial charge is 0.214 e. The summed E-state index contributed by atoms with van der Waals surface area (Å²) in [6.07, 6.45) is 3.47. The summed E-state index contributed by atoms with van der Waals surface area (Å²) in [5.41, 5.74) is 10.4. The van der Waals surface area contributed by atoms with E-state index in [1.54, 1.807) is 0 Å². The topological polar surface area (TPSA) is 48.1 Å². The minimum Gasteiger partial charge on any atom is -0.469 e. The molecule has 104 valence electrons. The zero-order valence-electron chi connectivity index (χ0n) is 11.8. The number of pyridine rings is 1. The summed E-state index contributed by atoms with van der Waals surface area (Å²) in [6, 6.07) is 12.5. The molecular formula is C17H20N2O. The molecule has 0 spiro atoms. The van der Waals surface area contributed by atoms with E-state index in [0.717, 1.165) is 30.5 Å². The predicted molar refractivity (Wildman–Crippen MR) is 79.6 cm³/mol. The lowest BCUT2D eigenvalue weighted by molar-refractivity contribution is 0.175. The second kappa shape index (κ2) is 5.63. The molecule has 0 amide bonds. The molecule has 20 heavy (non-hydrogen) atoms. The summed E-state index contributed by atoms with van der Waals surface area (Å²) >= 11 is 0. The van der Waals surface area contributed by atoms with Crippen molar-refractivity contribution in [3.8, 4) is 5.88 Å². The van der Waals surface area contributed by atoms with Crippen LogP contribution in [0.25, 0.3) is 0 Å². The van der Waals surface area contributed by atoms with Gasteiger partial charge in [0.15, 0.2) is 0 Å². The van der Waals surface area contributed by atoms with Crippen molar-refractivity contribution in [3.05, 3.63) is 58.8 Å². The quantitative estimate of drug-likeness (QED) is 0.929. The number of aryl methyl sites for hydroxylation is 2. The van der Waals surface area contributed by atoms with E-state index in [2.05, 4.69) is 29.2 Å². The monoisotopic (exact) mass is 268 g/mol. The molecule has 1 aromatic heterocycles. The van der Waals surface area contributed by atoms with Crippen LogP contribution in [0.15, 0.2) is 36.4 Å². The summed E-state index contributed by atoms with van der Waals surface area (Å²) < 4.78 is 6.14. The van der Waals surface area contributed by atoms with E-state index in [1.165, 1.54) is 11.1 Å². The van der Waals surface area contributed by atoms with Gasteiger partial charge in [0.05, 0.1) is 0 Å². The Kier molecular flexibility index (Phi) is 3.70. The predicted octanol–water partition coefficient (Wildman–Crippen LogP) is 3.31. The van der Waals surface area contributed by atoms with E-state index < -0.39 is 0 Å². The SMILES string of the molecule is Cc1cc(CN)cc(OC2CCCc3ccccc32)n1. The molecule has 1 aliphatic rings. The van der Waals surface area contributed by atoms with Crippen molar-refractivity contribution in [2.24, 2.45) is 5.73 Å². The Balaban J connectivity index is 1.87. The van der Waals surface area contributed by atoms with Crippen LogP contribution in [0.5, 0.6) is 5.88 Å². The molecule has 0 saturated carbocycles. The Morgan fingerprint density at radius 2 is 2.15 bits per heavy atom. The maximum atomic E-state index is 6.14. The van der Waals surface area contributed by atoms with E-state index in [9.17, 15) is 0 Å². The third-order valence-corrected chi connectivity index (χ3v) is 3.80. The molecule has 1 unspecified atom stereocenters. The molecule has 0 bridgehead atoms. The number of nitrogens with two attached hydrogens (primary N) is 1. The molecule has 0 aliphatic heterocycles. The highest BCUT2D eigenvalue weighted by Gasteiger charge is 2.21. The van der Waals surface area contributed by atoms with Gasteiger partial charge in [-0.3, -0.25) is 0 Å². The molecule has 0 saturated heterocycles. The Morgan fingerprint density at radius 1 is 1.30 bits per heavy atom. The summed E-state index contributed by atoms with van der Waals surface area (Å²) in [5.74, 6) is 0.687. The van der Waals surface area contributed by atoms with Gasteiger partial charge in [0, 0.05) is 18.3 Å². The molecule has 3 rings (SSSR count). The third-order valence-electron chi connectivity index (χ3n) is 3.80. The first-order valence-electron chi connectivity index (χ1n) is 7.18. The molecule has 0 radical (unpaired) electrons. The fraction of sp³-hybridized carbons (Fsp3) is 0.353. The molecule has 3 heteroatoms. The van der Waals surface area contributed by atoms with Gasteiger partial charge in [-0.2, -0.15) is 0 Å². The fourth-order valence-corrected chi connectivity index (χ4v) is 2.86. The van der Waals surface area contributed by atoms with E-state index in [0.29, 0.717) is 12.4 Å². The van der Waals surface area contributed by atoms with Crippen LogP contribution < -0.4 is 10.5 Å². The van der Waals surface area contributed by atoms with Crippen molar-refractivity contribution >= 4 is 0 Å². The Bertz CT molecular complexity index is 610. The van der Waals surface area contributed by atoms with Crippen LogP contribution in [0.2, 0.25) is 0 Å². The highest BCUT2D eigenvalue weighted by molar-refractivity contribution is 5.32. The van der Waals surface area contributed by atoms with Gasteiger partial charge in [0.1, 0.15) is 6.10 Å². The van der Waals surface area contributed by atoms with E-state index >= 15 is 0 Å². The molecule has 2 N–H and O–H groups in total.